The largest absolute Gasteiger partial charge is 0.480 e. The number of ether oxygens (including phenoxy) is 1. The number of rotatable bonds is 8. The molecule has 2 aliphatic rings. The molecule has 166 valence electrons. The van der Waals surface area contributed by atoms with Crippen LogP contribution in [0.5, 0.6) is 0 Å². The Kier molecular flexibility index (Phi) is 6.65. The highest BCUT2D eigenvalue weighted by atomic mass is 32.2. The second-order valence-corrected chi connectivity index (χ2v) is 8.31. The summed E-state index contributed by atoms with van der Waals surface area (Å²) < 4.78 is 5.11. The van der Waals surface area contributed by atoms with Crippen molar-refractivity contribution in [3.8, 4) is 0 Å². The number of nitrogens with one attached hydrogen (secondary N) is 2. The van der Waals surface area contributed by atoms with Gasteiger partial charge in [-0.05, 0) is 6.92 Å². The molecular formula is C16H17N5O8S2. The third kappa shape index (κ3) is 5.05. The van der Waals surface area contributed by atoms with Crippen molar-refractivity contribution in [3.05, 3.63) is 22.3 Å². The Morgan fingerprint density at radius 1 is 1.48 bits per heavy atom. The Morgan fingerprint density at radius 3 is 2.84 bits per heavy atom. The molecule has 2 aliphatic heterocycles. The predicted octanol–water partition coefficient (Wildman–Crippen LogP) is -1.04. The van der Waals surface area contributed by atoms with Crippen molar-refractivity contribution in [1.82, 2.24) is 15.6 Å². The first kappa shape index (κ1) is 22.4. The van der Waals surface area contributed by atoms with Crippen molar-refractivity contribution in [3.63, 3.8) is 0 Å². The van der Waals surface area contributed by atoms with Gasteiger partial charge in [0.1, 0.15) is 22.9 Å². The second-order valence-electron chi connectivity index (χ2n) is 6.29. The standard InChI is InChI=1S/C16H17N5O8S2/c1-5-6-3-30-13(20-9(6)15(27)29-5)11(14(25)26)19-12(24)10(21-28-2-8(22)23)7-4-31-16(17)18-7/h4-5,11,13,20H,2-3H2,1H3,(H2,17,18)(H,19,24)(H,22,23)(H,25,26)/b21-10+/t5?,11?,13-/m1/s1. The molecule has 0 radical (unpaired) electrons. The lowest BCUT2D eigenvalue weighted by molar-refractivity contribution is -0.142. The van der Waals surface area contributed by atoms with Gasteiger partial charge < -0.3 is 36.2 Å². The average Bonchev–Trinajstić information content (AvgIpc) is 3.25. The van der Waals surface area contributed by atoms with Crippen molar-refractivity contribution >= 4 is 57.8 Å². The molecule has 6 N–H and O–H groups in total. The maximum atomic E-state index is 12.8. The minimum Gasteiger partial charge on any atom is -0.480 e. The molecule has 0 saturated carbocycles. The number of aromatic nitrogens is 1. The molecule has 3 atom stereocenters. The Bertz CT molecular complexity index is 990. The van der Waals surface area contributed by atoms with Gasteiger partial charge in [-0.15, -0.1) is 23.1 Å². The van der Waals surface area contributed by atoms with Crippen molar-refractivity contribution in [2.45, 2.75) is 24.4 Å². The lowest BCUT2D eigenvalue weighted by atomic mass is 10.1. The van der Waals surface area contributed by atoms with Gasteiger partial charge >= 0.3 is 17.9 Å². The summed E-state index contributed by atoms with van der Waals surface area (Å²) in [5.74, 6) is -3.93. The lowest BCUT2D eigenvalue weighted by Gasteiger charge is -2.29. The van der Waals surface area contributed by atoms with Crippen molar-refractivity contribution < 1.29 is 39.0 Å². The zero-order chi connectivity index (χ0) is 22.7. The van der Waals surface area contributed by atoms with Gasteiger partial charge in [-0.25, -0.2) is 19.4 Å². The molecule has 0 saturated heterocycles. The van der Waals surface area contributed by atoms with Gasteiger partial charge in [0.15, 0.2) is 16.9 Å². The molecule has 0 aliphatic carbocycles. The van der Waals surface area contributed by atoms with Crippen LogP contribution in [0.2, 0.25) is 0 Å². The van der Waals surface area contributed by atoms with E-state index >= 15 is 0 Å². The van der Waals surface area contributed by atoms with Gasteiger partial charge in [0, 0.05) is 16.7 Å². The number of thioether (sulfide) groups is 1. The maximum Gasteiger partial charge on any atom is 0.355 e. The van der Waals surface area contributed by atoms with Gasteiger partial charge in [-0.2, -0.15) is 0 Å². The number of oxime groups is 1. The first-order valence-corrected chi connectivity index (χ1v) is 10.6. The number of esters is 1. The SMILES string of the molecule is CC1OC(=O)C2=C1CS[C@H](C(NC(=O)/C(=N/OCC(=O)O)c1csc(N)n1)C(=O)O)N2. The topological polar surface area (TPSA) is 203 Å². The maximum absolute atomic E-state index is 12.8. The molecule has 1 aromatic heterocycles. The van der Waals surface area contributed by atoms with E-state index in [1.54, 1.807) is 6.92 Å². The highest BCUT2D eigenvalue weighted by molar-refractivity contribution is 8.00. The number of cyclic esters (lactones) is 1. The van der Waals surface area contributed by atoms with E-state index in [-0.39, 0.29) is 16.5 Å². The molecule has 0 bridgehead atoms. The number of nitrogens with zero attached hydrogens (tertiary/aromatic N) is 2. The molecule has 31 heavy (non-hydrogen) atoms. The van der Waals surface area contributed by atoms with Gasteiger partial charge in [0.2, 0.25) is 6.61 Å². The van der Waals surface area contributed by atoms with Gasteiger partial charge in [0.05, 0.1) is 0 Å². The van der Waals surface area contributed by atoms with E-state index in [1.807, 2.05) is 0 Å². The van der Waals surface area contributed by atoms with Crippen LogP contribution >= 0.6 is 23.1 Å². The molecule has 3 rings (SSSR count). The fourth-order valence-corrected chi connectivity index (χ4v) is 4.60. The zero-order valence-electron chi connectivity index (χ0n) is 15.9. The number of nitrogens with two attached hydrogens (primary N) is 1. The van der Waals surface area contributed by atoms with Crippen LogP contribution < -0.4 is 16.4 Å². The summed E-state index contributed by atoms with van der Waals surface area (Å²) in [6.45, 7) is 0.884. The van der Waals surface area contributed by atoms with Gasteiger partial charge in [-0.1, -0.05) is 5.16 Å². The van der Waals surface area contributed by atoms with Crippen LogP contribution in [0, 0.1) is 0 Å². The summed E-state index contributed by atoms with van der Waals surface area (Å²) in [4.78, 5) is 55.8. The highest BCUT2D eigenvalue weighted by Gasteiger charge is 2.41. The fraction of sp³-hybridized carbons (Fsp3) is 0.375. The first-order valence-electron chi connectivity index (χ1n) is 8.66. The number of aliphatic carboxylic acids is 2. The quantitative estimate of drug-likeness (QED) is 0.175. The molecule has 1 aromatic rings. The number of nitrogen functional groups attached to an aromatic ring is 1. The molecule has 15 heteroatoms. The van der Waals surface area contributed by atoms with Crippen molar-refractivity contribution in [2.75, 3.05) is 18.1 Å². The summed E-state index contributed by atoms with van der Waals surface area (Å²) in [6.07, 6.45) is -0.415. The monoisotopic (exact) mass is 471 g/mol. The highest BCUT2D eigenvalue weighted by Crippen LogP contribution is 2.32. The molecule has 0 spiro atoms. The van der Waals surface area contributed by atoms with E-state index in [1.165, 1.54) is 17.1 Å². The lowest BCUT2D eigenvalue weighted by Crippen LogP contribution is -2.55. The molecule has 1 amide bonds. The van der Waals surface area contributed by atoms with Crippen LogP contribution in [0.3, 0.4) is 0 Å². The number of hydrogen-bond acceptors (Lipinski definition) is 12. The molecule has 13 nitrogen and oxygen atoms in total. The Morgan fingerprint density at radius 2 is 2.23 bits per heavy atom. The Balaban J connectivity index is 1.79. The van der Waals surface area contributed by atoms with Crippen LogP contribution in [0.15, 0.2) is 21.8 Å². The zero-order valence-corrected chi connectivity index (χ0v) is 17.5. The van der Waals surface area contributed by atoms with E-state index in [9.17, 15) is 24.3 Å². The summed E-state index contributed by atoms with van der Waals surface area (Å²) in [5.41, 5.74) is 5.99. The van der Waals surface area contributed by atoms with Crippen LogP contribution in [0.1, 0.15) is 12.6 Å². The Labute approximate surface area is 182 Å². The van der Waals surface area contributed by atoms with E-state index in [2.05, 4.69) is 25.6 Å². The van der Waals surface area contributed by atoms with E-state index in [0.717, 1.165) is 11.3 Å². The first-order chi connectivity index (χ1) is 14.7. The Hall–Kier alpha value is -3.33. The number of anilines is 1. The molecule has 0 fully saturated rings. The van der Waals surface area contributed by atoms with Crippen LogP contribution in [0.25, 0.3) is 0 Å². The summed E-state index contributed by atoms with van der Waals surface area (Å²) in [7, 11) is 0. The normalized spacial score (nSPS) is 21.6. The minimum atomic E-state index is -1.48. The number of carbonyl (C=O) groups excluding carboxylic acids is 2. The third-order valence-corrected chi connectivity index (χ3v) is 6.08. The van der Waals surface area contributed by atoms with E-state index < -0.39 is 53.7 Å². The summed E-state index contributed by atoms with van der Waals surface area (Å²) in [5, 5.41) is 27.6. The number of hydrogen-bond donors (Lipinski definition) is 5. The second kappa shape index (κ2) is 9.22. The predicted molar refractivity (Wildman–Crippen MR) is 108 cm³/mol. The number of carboxylic acid groups (broad SMARTS) is 2. The van der Waals surface area contributed by atoms with E-state index in [4.69, 9.17) is 15.6 Å². The third-order valence-electron chi connectivity index (χ3n) is 4.18. The smallest absolute Gasteiger partial charge is 0.355 e. The van der Waals surface area contributed by atoms with Crippen LogP contribution in [-0.4, -0.2) is 74.6 Å². The number of carbonyl (C=O) groups is 4. The number of carboxylic acids is 2. The fourth-order valence-electron chi connectivity index (χ4n) is 2.74. The molecule has 3 heterocycles. The van der Waals surface area contributed by atoms with Crippen LogP contribution in [0.4, 0.5) is 5.13 Å². The van der Waals surface area contributed by atoms with Gasteiger partial charge in [-0.3, -0.25) is 4.79 Å². The average molecular weight is 471 g/mol. The molecular weight excluding hydrogens is 454 g/mol. The summed E-state index contributed by atoms with van der Waals surface area (Å²) in [6, 6.07) is -1.48. The molecule has 0 aromatic carbocycles. The van der Waals surface area contributed by atoms with Gasteiger partial charge in [0.25, 0.3) is 5.91 Å². The summed E-state index contributed by atoms with van der Waals surface area (Å²) >= 11 is 2.18. The minimum absolute atomic E-state index is 0.0167. The molecule has 2 unspecified atom stereocenters. The van der Waals surface area contributed by atoms with E-state index in [0.29, 0.717) is 11.3 Å². The van der Waals surface area contributed by atoms with Crippen molar-refractivity contribution in [2.24, 2.45) is 5.16 Å². The number of amides is 1. The van der Waals surface area contributed by atoms with Crippen molar-refractivity contribution in [1.29, 1.82) is 0 Å². The number of thiazole rings is 1. The van der Waals surface area contributed by atoms with Crippen LogP contribution in [-0.2, 0) is 28.8 Å².